The van der Waals surface area contributed by atoms with Crippen molar-refractivity contribution in [2.75, 3.05) is 20.1 Å². The van der Waals surface area contributed by atoms with Crippen LogP contribution in [-0.4, -0.2) is 42.0 Å². The Morgan fingerprint density at radius 1 is 1.41 bits per heavy atom. The molecule has 1 aliphatic heterocycles. The third-order valence-electron chi connectivity index (χ3n) is 2.68. The minimum absolute atomic E-state index is 0.260. The fourth-order valence-electron chi connectivity index (χ4n) is 1.79. The van der Waals surface area contributed by atoms with Crippen LogP contribution in [0, 0.1) is 0 Å². The van der Waals surface area contributed by atoms with E-state index in [2.05, 4.69) is 5.32 Å². The van der Waals surface area contributed by atoms with E-state index in [1.165, 1.54) is 4.90 Å². The first-order valence-corrected chi connectivity index (χ1v) is 5.53. The van der Waals surface area contributed by atoms with Gasteiger partial charge in [-0.2, -0.15) is 0 Å². The Bertz CT molecular complexity index is 419. The zero-order valence-electron chi connectivity index (χ0n) is 9.72. The number of benzene rings is 1. The van der Waals surface area contributed by atoms with Crippen molar-refractivity contribution in [1.29, 1.82) is 0 Å². The van der Waals surface area contributed by atoms with Gasteiger partial charge in [0.1, 0.15) is 0 Å². The highest BCUT2D eigenvalue weighted by Crippen LogP contribution is 2.07. The molecule has 1 aliphatic rings. The summed E-state index contributed by atoms with van der Waals surface area (Å²) in [4.78, 5) is 26.1. The van der Waals surface area contributed by atoms with Gasteiger partial charge < -0.3 is 10.2 Å². The number of urea groups is 2. The average molecular weight is 233 g/mol. The van der Waals surface area contributed by atoms with Crippen LogP contribution in [0.2, 0.25) is 0 Å². The lowest BCUT2D eigenvalue weighted by Gasteiger charge is -2.22. The molecule has 5 nitrogen and oxygen atoms in total. The van der Waals surface area contributed by atoms with Gasteiger partial charge in [-0.15, -0.1) is 0 Å². The highest BCUT2D eigenvalue weighted by atomic mass is 16.2. The lowest BCUT2D eigenvalue weighted by Crippen LogP contribution is -2.42. The zero-order chi connectivity index (χ0) is 12.3. The monoisotopic (exact) mass is 233 g/mol. The summed E-state index contributed by atoms with van der Waals surface area (Å²) in [7, 11) is 1.70. The average Bonchev–Trinajstić information content (AvgIpc) is 2.76. The molecule has 2 rings (SSSR count). The fourth-order valence-corrected chi connectivity index (χ4v) is 1.79. The summed E-state index contributed by atoms with van der Waals surface area (Å²) >= 11 is 0. The number of hydrogen-bond acceptors (Lipinski definition) is 2. The van der Waals surface area contributed by atoms with E-state index in [0.29, 0.717) is 19.6 Å². The summed E-state index contributed by atoms with van der Waals surface area (Å²) in [5, 5.41) is 2.61. The summed E-state index contributed by atoms with van der Waals surface area (Å²) in [5.41, 5.74) is 1.04. The van der Waals surface area contributed by atoms with Crippen molar-refractivity contribution in [3.8, 4) is 0 Å². The lowest BCUT2D eigenvalue weighted by atomic mass is 10.2. The van der Waals surface area contributed by atoms with Gasteiger partial charge in [-0.25, -0.2) is 14.5 Å². The quantitative estimate of drug-likeness (QED) is 0.836. The lowest BCUT2D eigenvalue weighted by molar-refractivity contribution is 0.170. The van der Waals surface area contributed by atoms with Crippen molar-refractivity contribution in [3.05, 3.63) is 35.9 Å². The largest absolute Gasteiger partial charge is 0.336 e. The summed E-state index contributed by atoms with van der Waals surface area (Å²) < 4.78 is 0. The van der Waals surface area contributed by atoms with Crippen molar-refractivity contribution in [2.24, 2.45) is 0 Å². The summed E-state index contributed by atoms with van der Waals surface area (Å²) in [5.74, 6) is 0. The van der Waals surface area contributed by atoms with E-state index < -0.39 is 0 Å². The minimum atomic E-state index is -0.310. The second-order valence-corrected chi connectivity index (χ2v) is 4.01. The standard InChI is InChI=1S/C12H15N3O2/c1-14(9-10-5-3-2-4-6-10)12(17)15-8-7-13-11(15)16/h2-6H,7-9H2,1H3,(H,13,16). The van der Waals surface area contributed by atoms with E-state index in [0.717, 1.165) is 5.56 Å². The van der Waals surface area contributed by atoms with Crippen LogP contribution in [0.5, 0.6) is 0 Å². The molecule has 4 amide bonds. The number of imide groups is 1. The molecule has 1 saturated heterocycles. The Labute approximate surface area is 100 Å². The van der Waals surface area contributed by atoms with Crippen LogP contribution in [-0.2, 0) is 6.54 Å². The topological polar surface area (TPSA) is 52.7 Å². The molecule has 90 valence electrons. The molecule has 0 atom stereocenters. The molecule has 1 N–H and O–H groups in total. The summed E-state index contributed by atoms with van der Waals surface area (Å²) in [6.07, 6.45) is 0. The number of carbonyl (C=O) groups excluding carboxylic acids is 2. The van der Waals surface area contributed by atoms with Gasteiger partial charge in [0.25, 0.3) is 0 Å². The normalized spacial score (nSPS) is 14.6. The van der Waals surface area contributed by atoms with E-state index in [9.17, 15) is 9.59 Å². The second-order valence-electron chi connectivity index (χ2n) is 4.01. The van der Waals surface area contributed by atoms with Crippen molar-refractivity contribution < 1.29 is 9.59 Å². The van der Waals surface area contributed by atoms with Gasteiger partial charge in [-0.05, 0) is 5.56 Å². The van der Waals surface area contributed by atoms with Crippen LogP contribution < -0.4 is 5.32 Å². The molecule has 1 heterocycles. The van der Waals surface area contributed by atoms with Gasteiger partial charge in [0.05, 0.1) is 0 Å². The van der Waals surface area contributed by atoms with Crippen LogP contribution in [0.25, 0.3) is 0 Å². The first kappa shape index (κ1) is 11.4. The summed E-state index contributed by atoms with van der Waals surface area (Å²) in [6, 6.07) is 9.12. The molecular weight excluding hydrogens is 218 g/mol. The Hall–Kier alpha value is -2.04. The molecule has 1 fully saturated rings. The number of nitrogens with one attached hydrogen (secondary N) is 1. The molecule has 0 saturated carbocycles. The molecule has 1 aromatic carbocycles. The summed E-state index contributed by atoms with van der Waals surface area (Å²) in [6.45, 7) is 1.48. The Morgan fingerprint density at radius 3 is 2.71 bits per heavy atom. The molecular formula is C12H15N3O2. The van der Waals surface area contributed by atoms with E-state index in [1.54, 1.807) is 11.9 Å². The van der Waals surface area contributed by atoms with Crippen molar-refractivity contribution in [1.82, 2.24) is 15.1 Å². The van der Waals surface area contributed by atoms with Gasteiger partial charge in [0, 0.05) is 26.7 Å². The Morgan fingerprint density at radius 2 is 2.12 bits per heavy atom. The number of hydrogen-bond donors (Lipinski definition) is 1. The molecule has 0 bridgehead atoms. The Balaban J connectivity index is 1.98. The maximum atomic E-state index is 12.0. The molecule has 0 radical (unpaired) electrons. The predicted molar refractivity (Wildman–Crippen MR) is 63.4 cm³/mol. The first-order valence-electron chi connectivity index (χ1n) is 5.53. The van der Waals surface area contributed by atoms with E-state index in [-0.39, 0.29) is 12.1 Å². The van der Waals surface area contributed by atoms with Crippen LogP contribution in [0.1, 0.15) is 5.56 Å². The van der Waals surface area contributed by atoms with Gasteiger partial charge in [-0.1, -0.05) is 30.3 Å². The fraction of sp³-hybridized carbons (Fsp3) is 0.333. The maximum absolute atomic E-state index is 12.0. The van der Waals surface area contributed by atoms with Gasteiger partial charge in [0.15, 0.2) is 0 Å². The van der Waals surface area contributed by atoms with Crippen LogP contribution >= 0.6 is 0 Å². The smallest absolute Gasteiger partial charge is 0.328 e. The maximum Gasteiger partial charge on any atom is 0.328 e. The third kappa shape index (κ3) is 2.55. The molecule has 1 aromatic rings. The van der Waals surface area contributed by atoms with Crippen molar-refractivity contribution in [2.45, 2.75) is 6.54 Å². The van der Waals surface area contributed by atoms with Crippen LogP contribution in [0.15, 0.2) is 30.3 Å². The molecule has 0 spiro atoms. The molecule has 0 unspecified atom stereocenters. The predicted octanol–water partition coefficient (Wildman–Crippen LogP) is 1.26. The zero-order valence-corrected chi connectivity index (χ0v) is 9.72. The highest BCUT2D eigenvalue weighted by Gasteiger charge is 2.28. The van der Waals surface area contributed by atoms with E-state index in [1.807, 2.05) is 30.3 Å². The number of carbonyl (C=O) groups is 2. The van der Waals surface area contributed by atoms with Gasteiger partial charge in [-0.3, -0.25) is 0 Å². The third-order valence-corrected chi connectivity index (χ3v) is 2.68. The SMILES string of the molecule is CN(Cc1ccccc1)C(=O)N1CCNC1=O. The second kappa shape index (κ2) is 4.86. The first-order chi connectivity index (χ1) is 8.18. The highest BCUT2D eigenvalue weighted by molar-refractivity contribution is 5.94. The molecule has 0 aromatic heterocycles. The van der Waals surface area contributed by atoms with Crippen LogP contribution in [0.4, 0.5) is 9.59 Å². The molecule has 17 heavy (non-hydrogen) atoms. The van der Waals surface area contributed by atoms with Crippen molar-refractivity contribution in [3.63, 3.8) is 0 Å². The number of rotatable bonds is 2. The molecule has 5 heteroatoms. The van der Waals surface area contributed by atoms with Gasteiger partial charge in [0.2, 0.25) is 0 Å². The molecule has 0 aliphatic carbocycles. The minimum Gasteiger partial charge on any atom is -0.336 e. The van der Waals surface area contributed by atoms with Gasteiger partial charge >= 0.3 is 12.1 Å². The Kier molecular flexibility index (Phi) is 3.27. The number of nitrogens with zero attached hydrogens (tertiary/aromatic N) is 2. The van der Waals surface area contributed by atoms with E-state index in [4.69, 9.17) is 0 Å². The van der Waals surface area contributed by atoms with E-state index >= 15 is 0 Å². The van der Waals surface area contributed by atoms with Crippen molar-refractivity contribution >= 4 is 12.1 Å². The van der Waals surface area contributed by atoms with Crippen LogP contribution in [0.3, 0.4) is 0 Å². The number of amides is 4.